The van der Waals surface area contributed by atoms with E-state index in [0.717, 1.165) is 9.88 Å². The summed E-state index contributed by atoms with van der Waals surface area (Å²) < 4.78 is 33.0. The molecule has 3 rings (SSSR count). The molecule has 0 atom stereocenters. The van der Waals surface area contributed by atoms with Crippen molar-refractivity contribution in [3.8, 4) is 15.6 Å². The van der Waals surface area contributed by atoms with Crippen molar-refractivity contribution in [1.82, 2.24) is 9.29 Å². The Balaban J connectivity index is 1.93. The highest BCUT2D eigenvalue weighted by Crippen LogP contribution is 2.32. The maximum Gasteiger partial charge on any atom is 0.275 e. The summed E-state index contributed by atoms with van der Waals surface area (Å²) in [4.78, 5) is 18.4. The van der Waals surface area contributed by atoms with Crippen LogP contribution in [0.2, 0.25) is 0 Å². The van der Waals surface area contributed by atoms with Crippen molar-refractivity contribution in [2.75, 3.05) is 18.4 Å². The van der Waals surface area contributed by atoms with Crippen molar-refractivity contribution in [3.63, 3.8) is 0 Å². The molecule has 0 unspecified atom stereocenters. The number of sulfonamides is 1. The molecule has 2 heterocycles. The molecule has 0 saturated heterocycles. The number of hydrogen-bond acceptors (Lipinski definition) is 7. The number of nitrogens with zero attached hydrogens (tertiary/aromatic N) is 2. The molecule has 0 aliphatic heterocycles. The summed E-state index contributed by atoms with van der Waals surface area (Å²) in [6.45, 7) is 8.00. The Hall–Kier alpha value is -2.27. The van der Waals surface area contributed by atoms with Crippen molar-refractivity contribution in [1.29, 1.82) is 0 Å². The minimum absolute atomic E-state index is 0.0974. The Labute approximate surface area is 190 Å². The van der Waals surface area contributed by atoms with Crippen molar-refractivity contribution >= 4 is 44.3 Å². The Kier molecular flexibility index (Phi) is 7.47. The largest absolute Gasteiger partial charge is 0.489 e. The van der Waals surface area contributed by atoms with Crippen LogP contribution < -0.4 is 10.1 Å². The second-order valence-corrected chi connectivity index (χ2v) is 10.6. The SMILES string of the molecule is CCN(CC)S(=O)(=O)c1ccc(OC(C)C)c(NC(=O)c2csc(-c3cccs3)n2)c1. The van der Waals surface area contributed by atoms with Gasteiger partial charge in [-0.1, -0.05) is 19.9 Å². The molecule has 0 radical (unpaired) electrons. The number of thiophene rings is 1. The molecule has 0 spiro atoms. The molecule has 31 heavy (non-hydrogen) atoms. The fourth-order valence-corrected chi connectivity index (χ4v) is 6.01. The summed E-state index contributed by atoms with van der Waals surface area (Å²) in [7, 11) is -3.68. The van der Waals surface area contributed by atoms with E-state index in [1.54, 1.807) is 36.6 Å². The lowest BCUT2D eigenvalue weighted by Crippen LogP contribution is -2.30. The van der Waals surface area contributed by atoms with Gasteiger partial charge in [0, 0.05) is 18.5 Å². The van der Waals surface area contributed by atoms with Gasteiger partial charge in [-0.3, -0.25) is 4.79 Å². The van der Waals surface area contributed by atoms with Gasteiger partial charge in [0.25, 0.3) is 5.91 Å². The fraction of sp³-hybridized carbons (Fsp3) is 0.333. The van der Waals surface area contributed by atoms with Crippen LogP contribution in [0.5, 0.6) is 5.75 Å². The summed E-state index contributed by atoms with van der Waals surface area (Å²) in [6, 6.07) is 8.39. The van der Waals surface area contributed by atoms with Gasteiger partial charge in [-0.2, -0.15) is 4.31 Å². The van der Waals surface area contributed by atoms with E-state index in [2.05, 4.69) is 10.3 Å². The number of ether oxygens (including phenoxy) is 1. The van der Waals surface area contributed by atoms with Crippen LogP contribution in [0.4, 0.5) is 5.69 Å². The zero-order valence-corrected chi connectivity index (χ0v) is 20.2. The highest BCUT2D eigenvalue weighted by Gasteiger charge is 2.24. The van der Waals surface area contributed by atoms with Crippen LogP contribution in [-0.2, 0) is 10.0 Å². The topological polar surface area (TPSA) is 88.6 Å². The minimum atomic E-state index is -3.68. The molecule has 1 aromatic carbocycles. The molecule has 2 aromatic heterocycles. The molecule has 7 nitrogen and oxygen atoms in total. The van der Waals surface area contributed by atoms with Gasteiger partial charge < -0.3 is 10.1 Å². The first kappa shape index (κ1) is 23.4. The van der Waals surface area contributed by atoms with Gasteiger partial charge in [0.1, 0.15) is 16.5 Å². The summed E-state index contributed by atoms with van der Waals surface area (Å²) in [5, 5.41) is 7.18. The molecule has 0 aliphatic rings. The summed E-state index contributed by atoms with van der Waals surface area (Å²) >= 11 is 2.93. The maximum atomic E-state index is 12.9. The summed E-state index contributed by atoms with van der Waals surface area (Å²) in [5.74, 6) is -0.0272. The Morgan fingerprint density at radius 3 is 2.55 bits per heavy atom. The quantitative estimate of drug-likeness (QED) is 0.469. The highest BCUT2D eigenvalue weighted by molar-refractivity contribution is 7.89. The predicted molar refractivity (Wildman–Crippen MR) is 126 cm³/mol. The van der Waals surface area contributed by atoms with Gasteiger partial charge >= 0.3 is 0 Å². The number of carbonyl (C=O) groups is 1. The first-order valence-corrected chi connectivity index (χ1v) is 13.1. The lowest BCUT2D eigenvalue weighted by Gasteiger charge is -2.20. The third-order valence-electron chi connectivity index (χ3n) is 4.37. The second kappa shape index (κ2) is 9.90. The molecular weight excluding hydrogens is 454 g/mol. The summed E-state index contributed by atoms with van der Waals surface area (Å²) in [6.07, 6.45) is -0.148. The average molecular weight is 480 g/mol. The van der Waals surface area contributed by atoms with Crippen LogP contribution in [0.3, 0.4) is 0 Å². The molecule has 10 heteroatoms. The van der Waals surface area contributed by atoms with Crippen molar-refractivity contribution in [3.05, 3.63) is 46.8 Å². The van der Waals surface area contributed by atoms with Gasteiger partial charge in [-0.05, 0) is 43.5 Å². The lowest BCUT2D eigenvalue weighted by molar-refractivity contribution is 0.102. The number of anilines is 1. The van der Waals surface area contributed by atoms with Gasteiger partial charge in [0.15, 0.2) is 0 Å². The third-order valence-corrected chi connectivity index (χ3v) is 8.30. The third kappa shape index (κ3) is 5.32. The lowest BCUT2D eigenvalue weighted by atomic mass is 10.2. The van der Waals surface area contributed by atoms with E-state index in [4.69, 9.17) is 4.74 Å². The van der Waals surface area contributed by atoms with E-state index < -0.39 is 15.9 Å². The monoisotopic (exact) mass is 479 g/mol. The predicted octanol–water partition coefficient (Wildman–Crippen LogP) is 4.94. The number of amides is 1. The first-order valence-electron chi connectivity index (χ1n) is 9.87. The fourth-order valence-electron chi connectivity index (χ4n) is 2.91. The van der Waals surface area contributed by atoms with Gasteiger partial charge in [-0.25, -0.2) is 13.4 Å². The number of carbonyl (C=O) groups excluding carboxylic acids is 1. The summed E-state index contributed by atoms with van der Waals surface area (Å²) in [5.41, 5.74) is 0.554. The number of rotatable bonds is 9. The van der Waals surface area contributed by atoms with Crippen LogP contribution in [0.15, 0.2) is 46.0 Å². The molecule has 3 aromatic rings. The maximum absolute atomic E-state index is 12.9. The van der Waals surface area contributed by atoms with E-state index in [-0.39, 0.29) is 22.4 Å². The first-order chi connectivity index (χ1) is 14.8. The second-order valence-electron chi connectivity index (χ2n) is 6.88. The number of hydrogen-bond donors (Lipinski definition) is 1. The molecule has 1 N–H and O–H groups in total. The molecular formula is C21H25N3O4S3. The van der Waals surface area contributed by atoms with E-state index in [1.165, 1.54) is 27.8 Å². The number of aromatic nitrogens is 1. The van der Waals surface area contributed by atoms with Crippen LogP contribution in [0.25, 0.3) is 9.88 Å². The van der Waals surface area contributed by atoms with Crippen LogP contribution in [0.1, 0.15) is 38.2 Å². The van der Waals surface area contributed by atoms with Gasteiger partial charge in [-0.15, -0.1) is 22.7 Å². The number of nitrogens with one attached hydrogen (secondary N) is 1. The standard InChI is InChI=1S/C21H25N3O4S3/c1-5-24(6-2)31(26,27)15-9-10-18(28-14(3)4)16(12-15)22-20(25)17-13-30-21(23-17)19-8-7-11-29-19/h7-14H,5-6H2,1-4H3,(H,22,25). The molecule has 0 aliphatic carbocycles. The highest BCUT2D eigenvalue weighted by atomic mass is 32.2. The van der Waals surface area contributed by atoms with Crippen LogP contribution in [-0.4, -0.2) is 42.8 Å². The smallest absolute Gasteiger partial charge is 0.275 e. The number of benzene rings is 1. The van der Waals surface area contributed by atoms with Crippen molar-refractivity contribution in [2.45, 2.75) is 38.7 Å². The molecule has 0 bridgehead atoms. The van der Waals surface area contributed by atoms with Gasteiger partial charge in [0.2, 0.25) is 10.0 Å². The van der Waals surface area contributed by atoms with Crippen LogP contribution >= 0.6 is 22.7 Å². The van der Waals surface area contributed by atoms with E-state index in [0.29, 0.717) is 18.8 Å². The van der Waals surface area contributed by atoms with Crippen molar-refractivity contribution < 1.29 is 17.9 Å². The number of thiazole rings is 1. The normalized spacial score (nSPS) is 11.8. The van der Waals surface area contributed by atoms with E-state index >= 15 is 0 Å². The minimum Gasteiger partial charge on any atom is -0.489 e. The van der Waals surface area contributed by atoms with E-state index in [1.807, 2.05) is 31.4 Å². The van der Waals surface area contributed by atoms with Crippen molar-refractivity contribution in [2.24, 2.45) is 0 Å². The molecule has 1 amide bonds. The zero-order chi connectivity index (χ0) is 22.6. The molecule has 0 saturated carbocycles. The Bertz CT molecular complexity index is 1130. The average Bonchev–Trinajstić information content (AvgIpc) is 3.41. The van der Waals surface area contributed by atoms with Gasteiger partial charge in [0.05, 0.1) is 21.6 Å². The van der Waals surface area contributed by atoms with E-state index in [9.17, 15) is 13.2 Å². The molecule has 0 fully saturated rings. The zero-order valence-electron chi connectivity index (χ0n) is 17.8. The Morgan fingerprint density at radius 2 is 1.94 bits per heavy atom. The molecule has 166 valence electrons. The van der Waals surface area contributed by atoms with Crippen LogP contribution in [0, 0.1) is 0 Å². The Morgan fingerprint density at radius 1 is 1.19 bits per heavy atom.